The van der Waals surface area contributed by atoms with Gasteiger partial charge in [0.15, 0.2) is 0 Å². The first-order valence-corrected chi connectivity index (χ1v) is 9.92. The maximum Gasteiger partial charge on any atom is 0.229 e. The predicted molar refractivity (Wildman–Crippen MR) is 103 cm³/mol. The van der Waals surface area contributed by atoms with Gasteiger partial charge in [0.25, 0.3) is 0 Å². The Bertz CT molecular complexity index is 680. The summed E-state index contributed by atoms with van der Waals surface area (Å²) in [6, 6.07) is 8.21. The van der Waals surface area contributed by atoms with Crippen LogP contribution < -0.4 is 5.32 Å². The van der Waals surface area contributed by atoms with Crippen molar-refractivity contribution in [1.29, 1.82) is 0 Å². The number of rotatable bonds is 7. The maximum atomic E-state index is 12.2. The summed E-state index contributed by atoms with van der Waals surface area (Å²) >= 11 is 0. The summed E-state index contributed by atoms with van der Waals surface area (Å²) in [5.74, 6) is 0.331. The topological polar surface area (TPSA) is 69.7 Å². The highest BCUT2D eigenvalue weighted by atomic mass is 16.2. The average molecular weight is 371 g/mol. The van der Waals surface area contributed by atoms with Crippen molar-refractivity contribution in [3.63, 3.8) is 0 Å². The second-order valence-electron chi connectivity index (χ2n) is 7.69. The summed E-state index contributed by atoms with van der Waals surface area (Å²) < 4.78 is 0. The van der Waals surface area contributed by atoms with Crippen LogP contribution in [-0.2, 0) is 27.5 Å². The molecule has 27 heavy (non-hydrogen) atoms. The van der Waals surface area contributed by atoms with E-state index in [4.69, 9.17) is 0 Å². The first kappa shape index (κ1) is 19.5. The molecule has 0 aromatic heterocycles. The van der Waals surface area contributed by atoms with E-state index in [1.165, 1.54) is 23.3 Å². The third-order valence-corrected chi connectivity index (χ3v) is 5.58. The fourth-order valence-electron chi connectivity index (χ4n) is 3.71. The van der Waals surface area contributed by atoms with E-state index in [1.54, 1.807) is 0 Å². The highest BCUT2D eigenvalue weighted by Gasteiger charge is 2.28. The van der Waals surface area contributed by atoms with Gasteiger partial charge in [-0.1, -0.05) is 31.2 Å². The Hall–Kier alpha value is -2.21. The number of carbonyl (C=O) groups excluding carboxylic acids is 3. The molecule has 3 rings (SSSR count). The number of nitrogens with one attached hydrogen (secondary N) is 1. The molecule has 2 aliphatic rings. The molecular weight excluding hydrogens is 342 g/mol. The highest BCUT2D eigenvalue weighted by Crippen LogP contribution is 2.19. The average Bonchev–Trinajstić information content (AvgIpc) is 2.99. The number of benzene rings is 1. The zero-order chi connectivity index (χ0) is 19.2. The molecule has 3 amide bonds. The molecular formula is C21H29N3O3. The van der Waals surface area contributed by atoms with Gasteiger partial charge in [-0.05, 0) is 43.0 Å². The molecule has 1 N–H and O–H groups in total. The molecule has 2 saturated heterocycles. The van der Waals surface area contributed by atoms with E-state index >= 15 is 0 Å². The molecule has 0 aliphatic carbocycles. The van der Waals surface area contributed by atoms with Crippen LogP contribution in [0.15, 0.2) is 24.3 Å². The molecule has 2 heterocycles. The Morgan fingerprint density at radius 1 is 1.07 bits per heavy atom. The van der Waals surface area contributed by atoms with Gasteiger partial charge < -0.3 is 5.32 Å². The number of carbonyl (C=O) groups is 3. The van der Waals surface area contributed by atoms with Gasteiger partial charge in [0.1, 0.15) is 0 Å². The lowest BCUT2D eigenvalue weighted by molar-refractivity contribution is -0.138. The van der Waals surface area contributed by atoms with E-state index in [2.05, 4.69) is 29.3 Å². The summed E-state index contributed by atoms with van der Waals surface area (Å²) in [7, 11) is 0. The minimum atomic E-state index is -0.172. The van der Waals surface area contributed by atoms with Crippen molar-refractivity contribution in [3.05, 3.63) is 35.4 Å². The summed E-state index contributed by atoms with van der Waals surface area (Å²) in [6.45, 7) is 6.12. The van der Waals surface area contributed by atoms with E-state index in [0.29, 0.717) is 6.54 Å². The smallest absolute Gasteiger partial charge is 0.229 e. The van der Waals surface area contributed by atoms with Gasteiger partial charge in [-0.3, -0.25) is 24.2 Å². The first-order chi connectivity index (χ1) is 13.0. The zero-order valence-corrected chi connectivity index (χ0v) is 16.1. The second kappa shape index (κ2) is 9.13. The van der Waals surface area contributed by atoms with E-state index in [9.17, 15) is 14.4 Å². The largest absolute Gasteiger partial charge is 0.352 e. The fourth-order valence-corrected chi connectivity index (χ4v) is 3.71. The SMILES string of the molecule is CC1CCN(Cc2ccccc2CNC(=O)CCN2C(=O)CCC2=O)CC1. The number of imide groups is 1. The van der Waals surface area contributed by atoms with Gasteiger partial charge in [-0.15, -0.1) is 0 Å². The summed E-state index contributed by atoms with van der Waals surface area (Å²) in [4.78, 5) is 39.0. The summed E-state index contributed by atoms with van der Waals surface area (Å²) in [5, 5.41) is 2.93. The van der Waals surface area contributed by atoms with E-state index < -0.39 is 0 Å². The summed E-state index contributed by atoms with van der Waals surface area (Å²) in [6.07, 6.45) is 3.18. The molecule has 0 radical (unpaired) electrons. The molecule has 146 valence electrons. The molecule has 0 spiro atoms. The van der Waals surface area contributed by atoms with Crippen molar-refractivity contribution in [2.45, 2.75) is 52.1 Å². The van der Waals surface area contributed by atoms with Crippen molar-refractivity contribution >= 4 is 17.7 Å². The lowest BCUT2D eigenvalue weighted by atomic mass is 9.98. The first-order valence-electron chi connectivity index (χ1n) is 9.92. The van der Waals surface area contributed by atoms with Crippen LogP contribution in [0.2, 0.25) is 0 Å². The fraction of sp³-hybridized carbons (Fsp3) is 0.571. The monoisotopic (exact) mass is 371 g/mol. The Kier molecular flexibility index (Phi) is 6.61. The molecule has 0 saturated carbocycles. The van der Waals surface area contributed by atoms with Crippen molar-refractivity contribution in [1.82, 2.24) is 15.1 Å². The van der Waals surface area contributed by atoms with Gasteiger partial charge in [-0.2, -0.15) is 0 Å². The molecule has 6 nitrogen and oxygen atoms in total. The van der Waals surface area contributed by atoms with Crippen LogP contribution in [0, 0.1) is 5.92 Å². The van der Waals surface area contributed by atoms with Crippen LogP contribution in [0.5, 0.6) is 0 Å². The molecule has 2 fully saturated rings. The molecule has 6 heteroatoms. The highest BCUT2D eigenvalue weighted by molar-refractivity contribution is 6.02. The number of piperidine rings is 1. The Balaban J connectivity index is 1.48. The molecule has 0 atom stereocenters. The van der Waals surface area contributed by atoms with E-state index in [-0.39, 0.29) is 43.5 Å². The predicted octanol–water partition coefficient (Wildman–Crippen LogP) is 2.07. The summed E-state index contributed by atoms with van der Waals surface area (Å²) in [5.41, 5.74) is 2.37. The van der Waals surface area contributed by atoms with Crippen LogP contribution in [0.4, 0.5) is 0 Å². The van der Waals surface area contributed by atoms with Crippen molar-refractivity contribution in [2.24, 2.45) is 5.92 Å². The Morgan fingerprint density at radius 2 is 1.70 bits per heavy atom. The van der Waals surface area contributed by atoms with E-state index in [1.807, 2.05) is 12.1 Å². The van der Waals surface area contributed by atoms with Crippen LogP contribution >= 0.6 is 0 Å². The Labute approximate surface area is 160 Å². The molecule has 1 aromatic carbocycles. The standard InChI is InChI=1S/C21H29N3O3/c1-16-8-11-23(12-9-16)15-18-5-3-2-4-17(18)14-22-19(25)10-13-24-20(26)6-7-21(24)27/h2-5,16H,6-15H2,1H3,(H,22,25). The minimum absolute atomic E-state index is 0.135. The van der Waals surface area contributed by atoms with Gasteiger partial charge in [0, 0.05) is 38.9 Å². The third-order valence-electron chi connectivity index (χ3n) is 5.58. The van der Waals surface area contributed by atoms with Crippen molar-refractivity contribution in [3.8, 4) is 0 Å². The minimum Gasteiger partial charge on any atom is -0.352 e. The maximum absolute atomic E-state index is 12.2. The number of hydrogen-bond acceptors (Lipinski definition) is 4. The van der Waals surface area contributed by atoms with Crippen LogP contribution in [0.3, 0.4) is 0 Å². The quantitative estimate of drug-likeness (QED) is 0.745. The van der Waals surface area contributed by atoms with Crippen molar-refractivity contribution in [2.75, 3.05) is 19.6 Å². The Morgan fingerprint density at radius 3 is 2.37 bits per heavy atom. The van der Waals surface area contributed by atoms with Crippen LogP contribution in [0.25, 0.3) is 0 Å². The van der Waals surface area contributed by atoms with Gasteiger partial charge in [0.05, 0.1) is 0 Å². The lowest BCUT2D eigenvalue weighted by Crippen LogP contribution is -2.34. The van der Waals surface area contributed by atoms with E-state index in [0.717, 1.165) is 31.1 Å². The third kappa shape index (κ3) is 5.39. The van der Waals surface area contributed by atoms with Gasteiger partial charge in [-0.25, -0.2) is 0 Å². The number of amides is 3. The number of likely N-dealkylation sites (tertiary alicyclic amines) is 2. The van der Waals surface area contributed by atoms with Gasteiger partial charge in [0.2, 0.25) is 17.7 Å². The van der Waals surface area contributed by atoms with Crippen LogP contribution in [-0.4, -0.2) is 47.2 Å². The molecule has 0 unspecified atom stereocenters. The number of hydrogen-bond donors (Lipinski definition) is 1. The van der Waals surface area contributed by atoms with Crippen LogP contribution in [0.1, 0.15) is 50.2 Å². The lowest BCUT2D eigenvalue weighted by Gasteiger charge is -2.30. The molecule has 1 aromatic rings. The second-order valence-corrected chi connectivity index (χ2v) is 7.69. The normalized spacial score (nSPS) is 18.9. The molecule has 2 aliphatic heterocycles. The number of nitrogens with zero attached hydrogens (tertiary/aromatic N) is 2. The van der Waals surface area contributed by atoms with Crippen molar-refractivity contribution < 1.29 is 14.4 Å². The molecule has 0 bridgehead atoms. The zero-order valence-electron chi connectivity index (χ0n) is 16.1. The van der Waals surface area contributed by atoms with Gasteiger partial charge >= 0.3 is 0 Å².